The maximum absolute atomic E-state index is 13.8. The molecule has 2 aliphatic heterocycles. The number of sulfonamides is 1. The van der Waals surface area contributed by atoms with Crippen molar-refractivity contribution in [1.29, 1.82) is 0 Å². The number of nitrogens with one attached hydrogen (secondary N) is 3. The lowest BCUT2D eigenvalue weighted by molar-refractivity contribution is -0.140. The summed E-state index contributed by atoms with van der Waals surface area (Å²) < 4.78 is 65.7. The van der Waals surface area contributed by atoms with Crippen molar-refractivity contribution in [3.63, 3.8) is 0 Å². The number of fused-ring (bicyclic) bond motifs is 1. The normalized spacial score (nSPS) is 15.8. The van der Waals surface area contributed by atoms with E-state index in [1.165, 1.54) is 6.92 Å². The molecule has 15 heteroatoms. The summed E-state index contributed by atoms with van der Waals surface area (Å²) in [5.74, 6) is -2.66. The molecular weight excluding hydrogens is 598 g/mol. The van der Waals surface area contributed by atoms with Crippen molar-refractivity contribution in [1.82, 2.24) is 14.5 Å². The van der Waals surface area contributed by atoms with Gasteiger partial charge in [0.05, 0.1) is 17.0 Å². The van der Waals surface area contributed by atoms with Crippen LogP contribution < -0.4 is 15.5 Å². The molecule has 3 N–H and O–H groups in total. The van der Waals surface area contributed by atoms with Crippen LogP contribution in [-0.4, -0.2) is 80.8 Å². The van der Waals surface area contributed by atoms with E-state index in [1.807, 2.05) is 18.0 Å². The van der Waals surface area contributed by atoms with Crippen molar-refractivity contribution in [3.05, 3.63) is 64.9 Å². The molecule has 1 saturated heterocycles. The second-order valence-corrected chi connectivity index (χ2v) is 12.6. The number of carbonyl (C=O) groups is 2. The third kappa shape index (κ3) is 7.17. The van der Waals surface area contributed by atoms with Crippen LogP contribution in [0.25, 0.3) is 0 Å². The molecular formula is C29H34F2N6O6S. The second-order valence-electron chi connectivity index (χ2n) is 10.7. The smallest absolute Gasteiger partial charge is 0.302 e. The first-order valence-corrected chi connectivity index (χ1v) is 15.6. The van der Waals surface area contributed by atoms with Gasteiger partial charge in [-0.2, -0.15) is 9.40 Å². The predicted molar refractivity (Wildman–Crippen MR) is 158 cm³/mol. The van der Waals surface area contributed by atoms with Gasteiger partial charge in [0, 0.05) is 81.4 Å². The van der Waals surface area contributed by atoms with Gasteiger partial charge in [0.1, 0.15) is 18.2 Å². The van der Waals surface area contributed by atoms with Crippen molar-refractivity contribution < 1.29 is 36.3 Å². The third-order valence-corrected chi connectivity index (χ3v) is 9.43. The number of esters is 1. The fraction of sp³-hybridized carbons (Fsp3) is 0.414. The Morgan fingerprint density at radius 1 is 1.16 bits per heavy atom. The number of ether oxygens (including phenoxy) is 2. The number of hydrogen-bond donors (Lipinski definition) is 3. The molecule has 0 bridgehead atoms. The van der Waals surface area contributed by atoms with Crippen LogP contribution >= 0.6 is 0 Å². The number of carbonyl (C=O) groups excluding carboxylic acids is 2. The predicted octanol–water partition coefficient (Wildman–Crippen LogP) is 3.28. The second kappa shape index (κ2) is 13.3. The first-order chi connectivity index (χ1) is 21.0. The molecule has 1 fully saturated rings. The summed E-state index contributed by atoms with van der Waals surface area (Å²) in [6, 6.07) is 7.56. The number of hydrogen-bond acceptors (Lipinski definition) is 9. The molecule has 0 saturated carbocycles. The van der Waals surface area contributed by atoms with E-state index >= 15 is 0 Å². The summed E-state index contributed by atoms with van der Waals surface area (Å²) >= 11 is 0. The van der Waals surface area contributed by atoms with Crippen LogP contribution in [0.1, 0.15) is 41.4 Å². The average molecular weight is 633 g/mol. The van der Waals surface area contributed by atoms with Crippen molar-refractivity contribution in [2.24, 2.45) is 0 Å². The number of benzene rings is 2. The van der Waals surface area contributed by atoms with E-state index in [1.54, 1.807) is 12.1 Å². The molecule has 0 radical (unpaired) electrons. The maximum Gasteiger partial charge on any atom is 0.302 e. The maximum atomic E-state index is 13.8. The van der Waals surface area contributed by atoms with E-state index in [2.05, 4.69) is 20.8 Å². The number of halogens is 2. The molecule has 44 heavy (non-hydrogen) atoms. The number of aromatic amines is 1. The molecule has 12 nitrogen and oxygen atoms in total. The molecule has 1 amide bonds. The molecule has 236 valence electrons. The lowest BCUT2D eigenvalue weighted by atomic mass is 10.1. The summed E-state index contributed by atoms with van der Waals surface area (Å²) in [4.78, 5) is 26.2. The Kier molecular flexibility index (Phi) is 9.46. The van der Waals surface area contributed by atoms with Crippen molar-refractivity contribution in [2.75, 3.05) is 55.5 Å². The SMILES string of the molecule is CC(=O)OCCN(C)c1ccc(C(=O)Nc2n[nH]c3c2CN(S(=O)(=O)c2cc(F)cc(F)c2)CC3)c(NC2CCOCC2)c1. The summed E-state index contributed by atoms with van der Waals surface area (Å²) in [6.45, 7) is 3.12. The van der Waals surface area contributed by atoms with Crippen molar-refractivity contribution >= 4 is 39.1 Å². The highest BCUT2D eigenvalue weighted by atomic mass is 32.2. The summed E-state index contributed by atoms with van der Waals surface area (Å²) in [6.07, 6.45) is 1.79. The van der Waals surface area contributed by atoms with Gasteiger partial charge in [-0.15, -0.1) is 0 Å². The monoisotopic (exact) mass is 632 g/mol. The summed E-state index contributed by atoms with van der Waals surface area (Å²) in [5, 5.41) is 13.4. The molecule has 3 heterocycles. The molecule has 0 atom stereocenters. The molecule has 0 unspecified atom stereocenters. The number of rotatable bonds is 10. The van der Waals surface area contributed by atoms with E-state index < -0.39 is 32.5 Å². The van der Waals surface area contributed by atoms with Crippen LogP contribution in [0.3, 0.4) is 0 Å². The number of aromatic nitrogens is 2. The number of amides is 1. The molecule has 2 aliphatic rings. The van der Waals surface area contributed by atoms with Gasteiger partial charge in [0.2, 0.25) is 10.0 Å². The van der Waals surface area contributed by atoms with Crippen LogP contribution in [0.5, 0.6) is 0 Å². The van der Waals surface area contributed by atoms with Crippen molar-refractivity contribution in [3.8, 4) is 0 Å². The largest absolute Gasteiger partial charge is 0.464 e. The quantitative estimate of drug-likeness (QED) is 0.287. The van der Waals surface area contributed by atoms with Gasteiger partial charge in [-0.1, -0.05) is 0 Å². The van der Waals surface area contributed by atoms with Crippen LogP contribution in [0.4, 0.5) is 26.0 Å². The van der Waals surface area contributed by atoms with Gasteiger partial charge in [0.15, 0.2) is 5.82 Å². The Morgan fingerprint density at radius 3 is 2.59 bits per heavy atom. The Balaban J connectivity index is 1.37. The van der Waals surface area contributed by atoms with Crippen molar-refractivity contribution in [2.45, 2.75) is 43.7 Å². The molecule has 3 aromatic rings. The summed E-state index contributed by atoms with van der Waals surface area (Å²) in [7, 11) is -2.37. The number of anilines is 3. The zero-order valence-electron chi connectivity index (χ0n) is 24.4. The van der Waals surface area contributed by atoms with Crippen LogP contribution in [0.2, 0.25) is 0 Å². The number of likely N-dealkylation sites (N-methyl/N-ethyl adjacent to an activating group) is 1. The highest BCUT2D eigenvalue weighted by Gasteiger charge is 2.32. The van der Waals surface area contributed by atoms with E-state index in [0.717, 1.165) is 35.0 Å². The molecule has 0 spiro atoms. The zero-order valence-corrected chi connectivity index (χ0v) is 25.2. The van der Waals surface area contributed by atoms with Gasteiger partial charge in [0.25, 0.3) is 5.91 Å². The minimum Gasteiger partial charge on any atom is -0.464 e. The van der Waals surface area contributed by atoms with Gasteiger partial charge in [-0.3, -0.25) is 14.7 Å². The third-order valence-electron chi connectivity index (χ3n) is 7.61. The van der Waals surface area contributed by atoms with E-state index in [9.17, 15) is 26.8 Å². The van der Waals surface area contributed by atoms with E-state index in [-0.39, 0.29) is 43.9 Å². The Labute approximate surface area is 253 Å². The fourth-order valence-corrected chi connectivity index (χ4v) is 6.64. The number of H-pyrrole nitrogens is 1. The number of nitrogens with zero attached hydrogens (tertiary/aromatic N) is 3. The highest BCUT2D eigenvalue weighted by Crippen LogP contribution is 2.31. The van der Waals surface area contributed by atoms with Crippen LogP contribution in [0, 0.1) is 11.6 Å². The lowest BCUT2D eigenvalue weighted by Crippen LogP contribution is -2.36. The van der Waals surface area contributed by atoms with Crippen LogP contribution in [0.15, 0.2) is 41.3 Å². The summed E-state index contributed by atoms with van der Waals surface area (Å²) in [5.41, 5.74) is 2.86. The minimum absolute atomic E-state index is 0.0641. The topological polar surface area (TPSA) is 146 Å². The highest BCUT2D eigenvalue weighted by molar-refractivity contribution is 7.89. The standard InChI is InChI=1S/C29H34F2N6O6S/c1-18(38)43-12-9-36(2)22-3-4-24(27(16-22)32-21-6-10-42-11-7-21)29(39)33-28-25-17-37(8-5-26(25)34-35-28)44(40,41)23-14-19(30)13-20(31)15-23/h3-4,13-16,21,32H,5-12,17H2,1-2H3,(H2,33,34,35,39). The molecule has 2 aromatic carbocycles. The minimum atomic E-state index is -4.23. The fourth-order valence-electron chi connectivity index (χ4n) is 5.18. The van der Waals surface area contributed by atoms with Gasteiger partial charge in [-0.25, -0.2) is 17.2 Å². The first kappa shape index (κ1) is 31.3. The lowest BCUT2D eigenvalue weighted by Gasteiger charge is -2.27. The Bertz CT molecular complexity index is 1620. The molecule has 5 rings (SSSR count). The van der Waals surface area contributed by atoms with Crippen LogP contribution in [-0.2, 0) is 37.3 Å². The first-order valence-electron chi connectivity index (χ1n) is 14.2. The van der Waals surface area contributed by atoms with Gasteiger partial charge in [-0.05, 0) is 43.2 Å². The zero-order chi connectivity index (χ0) is 31.4. The van der Waals surface area contributed by atoms with E-state index in [4.69, 9.17) is 9.47 Å². The molecule has 0 aliphatic carbocycles. The van der Waals surface area contributed by atoms with Gasteiger partial charge < -0.3 is 25.0 Å². The van der Waals surface area contributed by atoms with E-state index in [0.29, 0.717) is 48.3 Å². The molecule has 1 aromatic heterocycles. The Hall–Kier alpha value is -4.08. The van der Waals surface area contributed by atoms with Gasteiger partial charge >= 0.3 is 5.97 Å². The average Bonchev–Trinajstić information content (AvgIpc) is 3.38. The Morgan fingerprint density at radius 2 is 1.89 bits per heavy atom.